The van der Waals surface area contributed by atoms with Crippen molar-refractivity contribution in [2.45, 2.75) is 24.8 Å². The Morgan fingerprint density at radius 2 is 2.18 bits per heavy atom. The summed E-state index contributed by atoms with van der Waals surface area (Å²) in [6.07, 6.45) is 2.69. The number of thiocarbonyl (C=S) groups is 1. The van der Waals surface area contributed by atoms with Crippen LogP contribution in [0.5, 0.6) is 0 Å². The monoisotopic (exact) mass is 276 g/mol. The molecule has 0 saturated heterocycles. The van der Waals surface area contributed by atoms with E-state index in [1.165, 1.54) is 17.1 Å². The normalized spacial score (nSPS) is 13.9. The number of hydrogen-bond donors (Lipinski definition) is 2. The molecule has 0 aliphatic carbocycles. The predicted molar refractivity (Wildman–Crippen MR) is 68.9 cm³/mol. The lowest BCUT2D eigenvalue weighted by Crippen LogP contribution is -2.46. The fourth-order valence-electron chi connectivity index (χ4n) is 1.30. The van der Waals surface area contributed by atoms with Gasteiger partial charge in [-0.05, 0) is 5.92 Å². The van der Waals surface area contributed by atoms with Crippen LogP contribution in [0.2, 0.25) is 0 Å². The van der Waals surface area contributed by atoms with E-state index in [1.807, 2.05) is 13.8 Å². The SMILES string of the molecule is CC(C)C(NS(=O)(=O)c1cnn(C)c1)C(N)=S. The average Bonchev–Trinajstić information content (AvgIpc) is 2.61. The highest BCUT2D eigenvalue weighted by Gasteiger charge is 2.25. The first kappa shape index (κ1) is 14.1. The maximum absolute atomic E-state index is 12.0. The van der Waals surface area contributed by atoms with Gasteiger partial charge in [-0.3, -0.25) is 4.68 Å². The zero-order chi connectivity index (χ0) is 13.2. The van der Waals surface area contributed by atoms with Crippen molar-refractivity contribution in [3.63, 3.8) is 0 Å². The van der Waals surface area contributed by atoms with E-state index >= 15 is 0 Å². The van der Waals surface area contributed by atoms with E-state index < -0.39 is 16.1 Å². The van der Waals surface area contributed by atoms with Gasteiger partial charge in [-0.15, -0.1) is 0 Å². The lowest BCUT2D eigenvalue weighted by atomic mass is 10.1. The molecule has 1 aromatic rings. The van der Waals surface area contributed by atoms with E-state index in [9.17, 15) is 8.42 Å². The third-order valence-electron chi connectivity index (χ3n) is 2.25. The molecule has 1 unspecified atom stereocenters. The van der Waals surface area contributed by atoms with Gasteiger partial charge in [0.15, 0.2) is 0 Å². The summed E-state index contributed by atoms with van der Waals surface area (Å²) in [6, 6.07) is -0.560. The summed E-state index contributed by atoms with van der Waals surface area (Å²) in [7, 11) is -1.98. The fourth-order valence-corrected chi connectivity index (χ4v) is 3.05. The molecule has 3 N–H and O–H groups in total. The predicted octanol–water partition coefficient (Wildman–Crippen LogP) is 0.00910. The van der Waals surface area contributed by atoms with E-state index in [0.29, 0.717) is 0 Å². The number of nitrogens with zero attached hydrogens (tertiary/aromatic N) is 2. The van der Waals surface area contributed by atoms with Crippen molar-refractivity contribution in [3.8, 4) is 0 Å². The van der Waals surface area contributed by atoms with Crippen LogP contribution < -0.4 is 10.5 Å². The Labute approximate surface area is 106 Å². The van der Waals surface area contributed by atoms with Crippen molar-refractivity contribution >= 4 is 27.2 Å². The Hall–Kier alpha value is -0.990. The summed E-state index contributed by atoms with van der Waals surface area (Å²) < 4.78 is 27.9. The van der Waals surface area contributed by atoms with Crippen LogP contribution in [0.4, 0.5) is 0 Å². The molecule has 0 aliphatic rings. The summed E-state index contributed by atoms with van der Waals surface area (Å²) in [5.74, 6) is -0.0149. The van der Waals surface area contributed by atoms with Crippen LogP contribution in [-0.2, 0) is 17.1 Å². The largest absolute Gasteiger partial charge is 0.392 e. The third-order valence-corrected chi connectivity index (χ3v) is 3.90. The minimum absolute atomic E-state index is 0.0149. The smallest absolute Gasteiger partial charge is 0.244 e. The first-order valence-electron chi connectivity index (χ1n) is 5.04. The molecule has 1 rings (SSSR count). The second-order valence-corrected chi connectivity index (χ2v) is 6.28. The van der Waals surface area contributed by atoms with Crippen molar-refractivity contribution in [2.24, 2.45) is 18.7 Å². The minimum Gasteiger partial charge on any atom is -0.392 e. The molecule has 1 aromatic heterocycles. The van der Waals surface area contributed by atoms with Gasteiger partial charge in [0.05, 0.1) is 17.2 Å². The van der Waals surface area contributed by atoms with Crippen molar-refractivity contribution in [1.29, 1.82) is 0 Å². The lowest BCUT2D eigenvalue weighted by molar-refractivity contribution is 0.526. The Balaban J connectivity index is 2.97. The molecule has 17 heavy (non-hydrogen) atoms. The molecule has 96 valence electrons. The molecule has 0 fully saturated rings. The van der Waals surface area contributed by atoms with Crippen molar-refractivity contribution in [2.75, 3.05) is 0 Å². The Morgan fingerprint density at radius 3 is 2.53 bits per heavy atom. The Bertz CT molecular complexity index is 507. The van der Waals surface area contributed by atoms with Gasteiger partial charge in [0.1, 0.15) is 4.90 Å². The van der Waals surface area contributed by atoms with Crippen LogP contribution >= 0.6 is 12.2 Å². The molecule has 0 spiro atoms. The summed E-state index contributed by atoms with van der Waals surface area (Å²) in [6.45, 7) is 3.69. The Morgan fingerprint density at radius 1 is 1.59 bits per heavy atom. The van der Waals surface area contributed by atoms with E-state index in [4.69, 9.17) is 18.0 Å². The van der Waals surface area contributed by atoms with E-state index in [-0.39, 0.29) is 15.8 Å². The number of nitrogens with two attached hydrogens (primary N) is 1. The highest BCUT2D eigenvalue weighted by Crippen LogP contribution is 2.10. The fraction of sp³-hybridized carbons (Fsp3) is 0.556. The van der Waals surface area contributed by atoms with E-state index in [1.54, 1.807) is 7.05 Å². The first-order chi connectivity index (χ1) is 7.74. The second kappa shape index (κ2) is 5.11. The van der Waals surface area contributed by atoms with Gasteiger partial charge in [-0.2, -0.15) is 5.10 Å². The number of rotatable bonds is 5. The molecular weight excluding hydrogens is 260 g/mol. The topological polar surface area (TPSA) is 90.0 Å². The van der Waals surface area contributed by atoms with Crippen LogP contribution in [0.25, 0.3) is 0 Å². The van der Waals surface area contributed by atoms with Gasteiger partial charge in [0.25, 0.3) is 0 Å². The molecule has 0 saturated carbocycles. The van der Waals surface area contributed by atoms with Crippen LogP contribution in [0, 0.1) is 5.92 Å². The van der Waals surface area contributed by atoms with Crippen LogP contribution in [0.3, 0.4) is 0 Å². The number of aromatic nitrogens is 2. The van der Waals surface area contributed by atoms with Crippen molar-refractivity contribution in [3.05, 3.63) is 12.4 Å². The molecule has 1 atom stereocenters. The van der Waals surface area contributed by atoms with Crippen molar-refractivity contribution < 1.29 is 8.42 Å². The van der Waals surface area contributed by atoms with Gasteiger partial charge >= 0.3 is 0 Å². The third kappa shape index (κ3) is 3.48. The standard InChI is InChI=1S/C9H16N4O2S2/c1-6(2)8(9(10)16)12-17(14,15)7-4-11-13(3)5-7/h4-6,8,12H,1-3H3,(H2,10,16). The maximum Gasteiger partial charge on any atom is 0.244 e. The van der Waals surface area contributed by atoms with Crippen LogP contribution in [-0.4, -0.2) is 29.2 Å². The van der Waals surface area contributed by atoms with Gasteiger partial charge in [0.2, 0.25) is 10.0 Å². The van der Waals surface area contributed by atoms with Gasteiger partial charge in [0, 0.05) is 13.2 Å². The first-order valence-corrected chi connectivity index (χ1v) is 6.93. The zero-order valence-electron chi connectivity index (χ0n) is 9.91. The number of hydrogen-bond acceptors (Lipinski definition) is 4. The number of sulfonamides is 1. The minimum atomic E-state index is -3.63. The van der Waals surface area contributed by atoms with E-state index in [0.717, 1.165) is 0 Å². The molecular formula is C9H16N4O2S2. The zero-order valence-corrected chi connectivity index (χ0v) is 11.5. The van der Waals surface area contributed by atoms with Gasteiger partial charge < -0.3 is 5.73 Å². The van der Waals surface area contributed by atoms with Crippen LogP contribution in [0.1, 0.15) is 13.8 Å². The number of nitrogens with one attached hydrogen (secondary N) is 1. The molecule has 8 heteroatoms. The molecule has 0 amide bonds. The average molecular weight is 276 g/mol. The second-order valence-electron chi connectivity index (χ2n) is 4.10. The molecule has 0 aromatic carbocycles. The molecule has 1 heterocycles. The Kier molecular flexibility index (Phi) is 4.23. The van der Waals surface area contributed by atoms with Gasteiger partial charge in [-0.25, -0.2) is 13.1 Å². The maximum atomic E-state index is 12.0. The quantitative estimate of drug-likeness (QED) is 0.739. The lowest BCUT2D eigenvalue weighted by Gasteiger charge is -2.20. The van der Waals surface area contributed by atoms with Gasteiger partial charge in [-0.1, -0.05) is 26.1 Å². The summed E-state index contributed by atoms with van der Waals surface area (Å²) in [5, 5.41) is 3.81. The van der Waals surface area contributed by atoms with E-state index in [2.05, 4.69) is 9.82 Å². The summed E-state index contributed by atoms with van der Waals surface area (Å²) >= 11 is 4.85. The summed E-state index contributed by atoms with van der Waals surface area (Å²) in [4.78, 5) is 0.231. The highest BCUT2D eigenvalue weighted by molar-refractivity contribution is 7.89. The molecule has 0 radical (unpaired) electrons. The highest BCUT2D eigenvalue weighted by atomic mass is 32.2. The summed E-state index contributed by atoms with van der Waals surface area (Å²) in [5.41, 5.74) is 5.51. The number of aryl methyl sites for hydroxylation is 1. The van der Waals surface area contributed by atoms with Crippen molar-refractivity contribution in [1.82, 2.24) is 14.5 Å². The molecule has 0 aliphatic heterocycles. The molecule has 0 bridgehead atoms. The molecule has 6 nitrogen and oxygen atoms in total. The van der Waals surface area contributed by atoms with Crippen LogP contribution in [0.15, 0.2) is 17.3 Å².